The molecule has 1 N–H and O–H groups in total. The van der Waals surface area contributed by atoms with Crippen molar-refractivity contribution in [3.05, 3.63) is 0 Å². The van der Waals surface area contributed by atoms with Crippen LogP contribution in [0.4, 0.5) is 0 Å². The Morgan fingerprint density at radius 2 is 2.00 bits per heavy atom. The topological polar surface area (TPSA) is 58.6 Å². The highest BCUT2D eigenvalue weighted by Crippen LogP contribution is 2.29. The van der Waals surface area contributed by atoms with Gasteiger partial charge in [0.05, 0.1) is 12.1 Å². The van der Waals surface area contributed by atoms with Crippen molar-refractivity contribution in [1.82, 2.24) is 10.2 Å². The van der Waals surface area contributed by atoms with Crippen LogP contribution in [0.3, 0.4) is 0 Å². The smallest absolute Gasteiger partial charge is 0.246 e. The molecule has 2 amide bonds. The Labute approximate surface area is 121 Å². The molecule has 5 heteroatoms. The zero-order valence-corrected chi connectivity index (χ0v) is 13.1. The van der Waals surface area contributed by atoms with Crippen LogP contribution in [0.1, 0.15) is 47.5 Å². The molecule has 2 rings (SSSR count). The molecule has 0 bridgehead atoms. The third kappa shape index (κ3) is 2.68. The largest absolute Gasteiger partial charge is 0.376 e. The van der Waals surface area contributed by atoms with Gasteiger partial charge in [-0.2, -0.15) is 0 Å². The van der Waals surface area contributed by atoms with Crippen LogP contribution >= 0.6 is 0 Å². The zero-order valence-electron chi connectivity index (χ0n) is 13.1. The molecular weight excluding hydrogens is 256 g/mol. The third-order valence-corrected chi connectivity index (χ3v) is 4.39. The number of hydrogen-bond donors (Lipinski definition) is 1. The fourth-order valence-corrected chi connectivity index (χ4v) is 3.09. The highest BCUT2D eigenvalue weighted by atomic mass is 16.5. The van der Waals surface area contributed by atoms with Crippen molar-refractivity contribution in [3.8, 4) is 0 Å². The summed E-state index contributed by atoms with van der Waals surface area (Å²) in [6.07, 6.45) is 2.03. The molecule has 2 aliphatic rings. The van der Waals surface area contributed by atoms with Gasteiger partial charge in [-0.15, -0.1) is 0 Å². The summed E-state index contributed by atoms with van der Waals surface area (Å²) in [5.74, 6) is -0.0676. The van der Waals surface area contributed by atoms with Crippen LogP contribution < -0.4 is 5.32 Å². The predicted molar refractivity (Wildman–Crippen MR) is 76.1 cm³/mol. The van der Waals surface area contributed by atoms with Gasteiger partial charge >= 0.3 is 0 Å². The van der Waals surface area contributed by atoms with Crippen LogP contribution in [-0.2, 0) is 14.3 Å². The molecule has 2 fully saturated rings. The van der Waals surface area contributed by atoms with Crippen molar-refractivity contribution in [2.24, 2.45) is 5.41 Å². The van der Waals surface area contributed by atoms with E-state index in [1.807, 2.05) is 27.7 Å². The average molecular weight is 282 g/mol. The second-order valence-electron chi connectivity index (χ2n) is 7.02. The first-order valence-electron chi connectivity index (χ1n) is 7.47. The number of hydrogen-bond acceptors (Lipinski definition) is 3. The Kier molecular flexibility index (Phi) is 4.09. The number of carbonyl (C=O) groups is 2. The first kappa shape index (κ1) is 15.3. The molecule has 0 saturated carbocycles. The number of amides is 2. The lowest BCUT2D eigenvalue weighted by Crippen LogP contribution is -2.68. The molecule has 0 aromatic heterocycles. The van der Waals surface area contributed by atoms with Crippen LogP contribution in [0.2, 0.25) is 0 Å². The first-order chi connectivity index (χ1) is 9.23. The van der Waals surface area contributed by atoms with Gasteiger partial charge in [-0.1, -0.05) is 20.8 Å². The van der Waals surface area contributed by atoms with Gasteiger partial charge in [0.25, 0.3) is 0 Å². The Morgan fingerprint density at radius 3 is 2.50 bits per heavy atom. The summed E-state index contributed by atoms with van der Waals surface area (Å²) in [7, 11) is 0. The van der Waals surface area contributed by atoms with Crippen LogP contribution in [0.25, 0.3) is 0 Å². The van der Waals surface area contributed by atoms with Crippen LogP contribution in [0, 0.1) is 5.41 Å². The lowest BCUT2D eigenvalue weighted by atomic mass is 9.83. The summed E-state index contributed by atoms with van der Waals surface area (Å²) in [6.45, 7) is 10.4. The van der Waals surface area contributed by atoms with Crippen molar-refractivity contribution in [2.75, 3.05) is 6.61 Å². The molecule has 5 nitrogen and oxygen atoms in total. The number of rotatable bonds is 2. The minimum atomic E-state index is -0.463. The summed E-state index contributed by atoms with van der Waals surface area (Å²) < 4.78 is 5.70. The van der Waals surface area contributed by atoms with Crippen molar-refractivity contribution < 1.29 is 14.3 Å². The van der Waals surface area contributed by atoms with E-state index in [0.717, 1.165) is 19.4 Å². The highest BCUT2D eigenvalue weighted by Gasteiger charge is 2.46. The number of nitrogens with one attached hydrogen (secondary N) is 1. The molecule has 4 atom stereocenters. The molecule has 114 valence electrons. The molecule has 2 heterocycles. The molecule has 0 spiro atoms. The number of carbonyl (C=O) groups excluding carboxylic acids is 2. The molecule has 2 saturated heterocycles. The lowest BCUT2D eigenvalue weighted by molar-refractivity contribution is -0.157. The predicted octanol–water partition coefficient (Wildman–Crippen LogP) is 1.32. The molecule has 0 aliphatic carbocycles. The molecular formula is C15H26N2O3. The number of ether oxygens (including phenoxy) is 1. The van der Waals surface area contributed by atoms with Crippen molar-refractivity contribution >= 4 is 11.8 Å². The van der Waals surface area contributed by atoms with Gasteiger partial charge in [-0.3, -0.25) is 9.59 Å². The standard InChI is InChI=1S/C15H26N2O3/c1-9(11-7-6-8-20-11)17-10(2)13(18)16-12(14(17)19)15(3,4)5/h9-12H,6-8H2,1-5H3,(H,16,18). The maximum absolute atomic E-state index is 12.8. The van der Waals surface area contributed by atoms with Gasteiger partial charge in [-0.05, 0) is 32.1 Å². The summed E-state index contributed by atoms with van der Waals surface area (Å²) >= 11 is 0. The fraction of sp³-hybridized carbons (Fsp3) is 0.867. The Bertz CT molecular complexity index is 396. The quantitative estimate of drug-likeness (QED) is 0.831. The number of nitrogens with zero attached hydrogens (tertiary/aromatic N) is 1. The lowest BCUT2D eigenvalue weighted by Gasteiger charge is -2.45. The second kappa shape index (κ2) is 5.35. The molecule has 2 aliphatic heterocycles. The maximum Gasteiger partial charge on any atom is 0.246 e. The van der Waals surface area contributed by atoms with Gasteiger partial charge in [0.1, 0.15) is 12.1 Å². The fourth-order valence-electron chi connectivity index (χ4n) is 3.09. The van der Waals surface area contributed by atoms with Gasteiger partial charge in [0, 0.05) is 6.61 Å². The maximum atomic E-state index is 12.8. The van der Waals surface area contributed by atoms with E-state index in [4.69, 9.17) is 4.74 Å². The minimum Gasteiger partial charge on any atom is -0.376 e. The van der Waals surface area contributed by atoms with E-state index < -0.39 is 12.1 Å². The number of piperazine rings is 1. The van der Waals surface area contributed by atoms with E-state index in [1.165, 1.54) is 0 Å². The van der Waals surface area contributed by atoms with Gasteiger partial charge in [-0.25, -0.2) is 0 Å². The summed E-state index contributed by atoms with van der Waals surface area (Å²) in [6, 6.07) is -0.953. The third-order valence-electron chi connectivity index (χ3n) is 4.39. The van der Waals surface area contributed by atoms with Gasteiger partial charge in [0.15, 0.2) is 0 Å². The van der Waals surface area contributed by atoms with E-state index in [1.54, 1.807) is 11.8 Å². The molecule has 0 aromatic rings. The minimum absolute atomic E-state index is 0.00704. The van der Waals surface area contributed by atoms with E-state index in [-0.39, 0.29) is 29.4 Å². The van der Waals surface area contributed by atoms with Crippen molar-refractivity contribution in [2.45, 2.75) is 71.7 Å². The van der Waals surface area contributed by atoms with E-state index in [0.29, 0.717) is 0 Å². The Balaban J connectivity index is 2.23. The SMILES string of the molecule is CC1C(=O)NC(C(C)(C)C)C(=O)N1C(C)C1CCCO1. The Hall–Kier alpha value is -1.10. The molecule has 0 radical (unpaired) electrons. The highest BCUT2D eigenvalue weighted by molar-refractivity contribution is 5.97. The molecule has 4 unspecified atom stereocenters. The second-order valence-corrected chi connectivity index (χ2v) is 7.02. The monoisotopic (exact) mass is 282 g/mol. The first-order valence-corrected chi connectivity index (χ1v) is 7.47. The van der Waals surface area contributed by atoms with E-state index in [2.05, 4.69) is 5.32 Å². The molecule has 0 aromatic carbocycles. The summed E-state index contributed by atoms with van der Waals surface area (Å²) in [4.78, 5) is 26.7. The van der Waals surface area contributed by atoms with Crippen molar-refractivity contribution in [1.29, 1.82) is 0 Å². The van der Waals surface area contributed by atoms with Crippen LogP contribution in [0.15, 0.2) is 0 Å². The zero-order chi connectivity index (χ0) is 15.1. The van der Waals surface area contributed by atoms with Gasteiger partial charge in [0.2, 0.25) is 11.8 Å². The van der Waals surface area contributed by atoms with Gasteiger partial charge < -0.3 is 15.0 Å². The Morgan fingerprint density at radius 1 is 1.35 bits per heavy atom. The molecule has 20 heavy (non-hydrogen) atoms. The van der Waals surface area contributed by atoms with E-state index >= 15 is 0 Å². The van der Waals surface area contributed by atoms with Crippen molar-refractivity contribution in [3.63, 3.8) is 0 Å². The normalized spacial score (nSPS) is 33.2. The van der Waals surface area contributed by atoms with Crippen LogP contribution in [-0.4, -0.2) is 47.6 Å². The average Bonchev–Trinajstić information content (AvgIpc) is 2.86. The van der Waals surface area contributed by atoms with Crippen LogP contribution in [0.5, 0.6) is 0 Å². The van der Waals surface area contributed by atoms with E-state index in [9.17, 15) is 9.59 Å². The summed E-state index contributed by atoms with van der Waals surface area (Å²) in [5.41, 5.74) is -0.290. The summed E-state index contributed by atoms with van der Waals surface area (Å²) in [5, 5.41) is 2.86.